The van der Waals surface area contributed by atoms with Crippen LogP contribution in [0.5, 0.6) is 0 Å². The molecule has 1 amide bonds. The predicted octanol–water partition coefficient (Wildman–Crippen LogP) is 12.7. The number of azo groups is 1. The van der Waals surface area contributed by atoms with Gasteiger partial charge in [0.15, 0.2) is 6.29 Å². The van der Waals surface area contributed by atoms with E-state index in [4.69, 9.17) is 37.4 Å². The first-order valence-corrected chi connectivity index (χ1v) is 39.8. The summed E-state index contributed by atoms with van der Waals surface area (Å²) in [4.78, 5) is 68.8. The molecule has 0 bridgehead atoms. The lowest BCUT2D eigenvalue weighted by molar-refractivity contribution is -0.117. The zero-order valence-corrected chi connectivity index (χ0v) is 63.7. The standard InChI is InChI=1S/C19H21N5O3.C13H7FN2O.C13H8N4.C13H9N3O2.C7H5FO.C6H14N2O.C6H4N2.H4N2.H5P4/c25-19(20-7-8-23-9-11-27-12-10-23)14-5-6-17(24(26)13-14)18-15-3-1-2-4-16(15)21-22-18;14-11-4-2-1-3-10(11)13(17)12-7-9(8-15)5-6-16-12;1-14-9-6-7-12(15-8-9)13-10-4-2-3-5-11(10)16-17-13;17-13(18)8-5-6-11(14-7-8)12-9-3-1-2-4-10(9)15-16-12;8-7-4-2-1-3-6(7)5-9;7-1-2-8-3-5-9-6-4-8;7-5-6-1-3-8-4-2-6;1-2;1-3-4-2/h1-6,13,26H,7-12H2,(H,20,25);1-7H;2-8H,(H,16,17);1-7H,(H,15,16)(H,17,18);1-5H;1-7H2;1-4H;1-2H2;3H,1-2H2/q;;;;;;;;-1. The van der Waals surface area contributed by atoms with E-state index in [1.165, 1.54) is 75.1 Å². The number of carboxylic acids is 1. The minimum Gasteiger partial charge on any atom is -0.481 e. The lowest BCUT2D eigenvalue weighted by Crippen LogP contribution is -2.41. The number of hydrogen-bond acceptors (Lipinski definition) is 23. The van der Waals surface area contributed by atoms with Crippen molar-refractivity contribution in [2.75, 3.05) is 78.8 Å². The Kier molecular flexibility index (Phi) is 37.4. The SMILES string of the molecule is N#Cc1ccnc(C(=O)c2ccccc2F)c1.N#Cc1ccncc1.NCCN1CCOCC1.NN.O=C(NCCN1CCOCC1)C1=CN(O)C(=C2N=Nc3ccccc32)C=C1.O=C(O)c1ccc(-c2n[nH]c3ccccc23)nc1.O=Cc1ccccc1F.P[P-]PP.[C-]#[N+]c1ccc(-c2n[nH]c3ccccc23)nc1. The largest absolute Gasteiger partial charge is 0.481 e. The number of aromatic carboxylic acids is 1. The van der Waals surface area contributed by atoms with Crippen LogP contribution in [0.2, 0.25) is 0 Å². The van der Waals surface area contributed by atoms with Crippen LogP contribution in [-0.2, 0) is 14.3 Å². The number of nitrogens with two attached hydrogens (primary N) is 3. The van der Waals surface area contributed by atoms with Crippen molar-refractivity contribution in [3.05, 3.63) is 293 Å². The van der Waals surface area contributed by atoms with E-state index in [0.29, 0.717) is 52.3 Å². The van der Waals surface area contributed by atoms with Crippen molar-refractivity contribution in [2.45, 2.75) is 0 Å². The number of hydrazine groups is 1. The lowest BCUT2D eigenvalue weighted by atomic mass is 10.1. The molecule has 2 saturated heterocycles. The van der Waals surface area contributed by atoms with E-state index in [1.807, 2.05) is 91.0 Å². The minimum absolute atomic E-state index is 0.0462. The van der Waals surface area contributed by atoms with E-state index < -0.39 is 23.4 Å². The zero-order chi connectivity index (χ0) is 79.5. The Morgan fingerprint density at radius 1 is 0.703 bits per heavy atom. The number of hydroxylamine groups is 2. The quantitative estimate of drug-likeness (QED) is 0.0133. The number of hydrogen-bond donors (Lipinski definition) is 8. The Labute approximate surface area is 646 Å². The van der Waals surface area contributed by atoms with Crippen LogP contribution >= 0.6 is 33.8 Å². The number of allylic oxidation sites excluding steroid dienone is 1. The number of nitrogens with zero attached hydrogens (tertiary/aromatic N) is 14. The number of morpholine rings is 2. The van der Waals surface area contributed by atoms with Crippen molar-refractivity contribution < 1.29 is 47.7 Å². The fourth-order valence-electron chi connectivity index (χ4n) is 10.2. The van der Waals surface area contributed by atoms with Gasteiger partial charge in [0.2, 0.25) is 11.5 Å². The van der Waals surface area contributed by atoms with E-state index in [9.17, 15) is 33.2 Å². The van der Waals surface area contributed by atoms with E-state index in [1.54, 1.807) is 73.2 Å². The van der Waals surface area contributed by atoms with Gasteiger partial charge in [-0.1, -0.05) is 84.9 Å². The molecule has 4 aliphatic heterocycles. The fourth-order valence-corrected chi connectivity index (χ4v) is 10.2. The number of ketones is 1. The first-order chi connectivity index (χ1) is 54.2. The average Bonchev–Trinajstić information content (AvgIpc) is 1.70. The second kappa shape index (κ2) is 47.9. The Balaban J connectivity index is 0.000000184. The lowest BCUT2D eigenvalue weighted by Gasteiger charge is -2.26. The number of aldehydes is 1. The third-order valence-electron chi connectivity index (χ3n) is 15.7. The highest BCUT2D eigenvalue weighted by Gasteiger charge is 2.24. The summed E-state index contributed by atoms with van der Waals surface area (Å²) in [6.07, 6.45) is 12.7. The summed E-state index contributed by atoms with van der Waals surface area (Å²) in [6.45, 7) is 17.1. The highest BCUT2D eigenvalue weighted by Crippen LogP contribution is 2.48. The van der Waals surface area contributed by atoms with Gasteiger partial charge in [-0.05, 0) is 97.1 Å². The van der Waals surface area contributed by atoms with Crippen molar-refractivity contribution in [1.82, 2.24) is 60.5 Å². The number of carboxylic acid groups (broad SMARTS) is 1. The number of carbonyl (C=O) groups excluding carboxylic acids is 3. The van der Waals surface area contributed by atoms with Gasteiger partial charge < -0.3 is 33.6 Å². The van der Waals surface area contributed by atoms with Gasteiger partial charge in [0.25, 0.3) is 5.91 Å². The Bertz CT molecular complexity index is 5080. The molecule has 0 aliphatic carbocycles. The number of fused-ring (bicyclic) bond motifs is 3. The third kappa shape index (κ3) is 27.1. The number of aromatic nitrogens is 8. The molecule has 111 heavy (non-hydrogen) atoms. The maximum absolute atomic E-state index is 13.4. The number of H-pyrrole nitrogens is 2. The Hall–Kier alpha value is -11.7. The number of rotatable bonds is 13. The van der Waals surface area contributed by atoms with E-state index in [-0.39, 0.29) is 28.3 Å². The molecule has 28 nitrogen and oxygen atoms in total. The highest BCUT2D eigenvalue weighted by molar-refractivity contribution is 8.54. The molecule has 2 fully saturated rings. The number of amides is 1. The number of ether oxygens (including phenoxy) is 2. The van der Waals surface area contributed by atoms with Crippen molar-refractivity contribution in [1.29, 1.82) is 10.5 Å². The fraction of sp³-hybridized carbons (Fsp3) is 0.156. The third-order valence-corrected chi connectivity index (χ3v) is 21.6. The number of benzene rings is 5. The average molecular weight is 1570 g/mol. The first-order valence-electron chi connectivity index (χ1n) is 33.7. The molecule has 0 saturated carbocycles. The van der Waals surface area contributed by atoms with Gasteiger partial charge in [0.05, 0.1) is 112 Å². The highest BCUT2D eigenvalue weighted by atomic mass is 32.6. The summed E-state index contributed by atoms with van der Waals surface area (Å²) in [6, 6.07) is 51.5. The first kappa shape index (κ1) is 86.5. The molecule has 0 spiro atoms. The van der Waals surface area contributed by atoms with Crippen LogP contribution in [0.15, 0.2) is 241 Å². The van der Waals surface area contributed by atoms with E-state index >= 15 is 0 Å². The molecule has 0 radical (unpaired) electrons. The van der Waals surface area contributed by atoms with Crippen molar-refractivity contribution in [2.24, 2.45) is 27.6 Å². The topological polar surface area (TPSA) is 413 Å². The number of carbonyl (C=O) groups is 4. The van der Waals surface area contributed by atoms with Gasteiger partial charge in [-0.3, -0.25) is 88.1 Å². The zero-order valence-electron chi connectivity index (χ0n) is 59.5. The molecule has 4 aliphatic rings. The molecular weight excluding hydrogens is 1490 g/mol. The molecule has 3 unspecified atom stereocenters. The summed E-state index contributed by atoms with van der Waals surface area (Å²) >= 11 is 0. The summed E-state index contributed by atoms with van der Waals surface area (Å²) in [5.74, 6) is 5.20. The van der Waals surface area contributed by atoms with Crippen LogP contribution in [0.3, 0.4) is 0 Å². The summed E-state index contributed by atoms with van der Waals surface area (Å²) in [7, 11) is 7.67. The van der Waals surface area contributed by atoms with Crippen LogP contribution in [0.4, 0.5) is 20.2 Å². The summed E-state index contributed by atoms with van der Waals surface area (Å²) in [5, 5.41) is 64.6. The molecule has 10 heterocycles. The van der Waals surface area contributed by atoms with Crippen molar-refractivity contribution >= 4 is 96.6 Å². The van der Waals surface area contributed by atoms with Crippen LogP contribution in [0, 0.1) is 40.9 Å². The Morgan fingerprint density at radius 2 is 1.26 bits per heavy atom. The van der Waals surface area contributed by atoms with Gasteiger partial charge >= 0.3 is 5.97 Å². The normalized spacial score (nSPS) is 13.8. The molecule has 34 heteroatoms. The molecule has 5 aromatic carbocycles. The molecule has 11 N–H and O–H groups in total. The van der Waals surface area contributed by atoms with Gasteiger partial charge in [-0.15, -0.1) is 19.2 Å². The molecule has 11 aromatic rings. The molecule has 3 atom stereocenters. The summed E-state index contributed by atoms with van der Waals surface area (Å²) < 4.78 is 36.2. The van der Waals surface area contributed by atoms with Crippen molar-refractivity contribution in [3.63, 3.8) is 0 Å². The molecule has 568 valence electrons. The minimum atomic E-state index is -0.985. The number of para-hydroxylation sites is 2. The second-order valence-corrected chi connectivity index (χ2v) is 29.5. The van der Waals surface area contributed by atoms with Gasteiger partial charge in [-0.2, -0.15) is 20.7 Å². The van der Waals surface area contributed by atoms with Gasteiger partial charge in [-0.25, -0.2) is 23.5 Å². The maximum Gasteiger partial charge on any atom is 0.337 e. The van der Waals surface area contributed by atoms with Crippen LogP contribution < -0.4 is 22.7 Å². The van der Waals surface area contributed by atoms with Gasteiger partial charge in [0, 0.05) is 106 Å². The number of halogens is 2. The van der Waals surface area contributed by atoms with Crippen LogP contribution in [0.25, 0.3) is 55.1 Å². The molecule has 15 rings (SSSR count). The smallest absolute Gasteiger partial charge is 0.337 e. The molecular formula is C77H77F2N20O8P4-. The monoisotopic (exact) mass is 1570 g/mol. The van der Waals surface area contributed by atoms with Crippen LogP contribution in [0.1, 0.15) is 53.5 Å². The van der Waals surface area contributed by atoms with Crippen LogP contribution in [-0.4, -0.2) is 168 Å². The number of pyridine rings is 4. The van der Waals surface area contributed by atoms with E-state index in [2.05, 4.69) is 100 Å². The Morgan fingerprint density at radius 3 is 1.78 bits per heavy atom. The summed E-state index contributed by atoms with van der Waals surface area (Å²) in [5.41, 5.74) is 15.1. The predicted molar refractivity (Wildman–Crippen MR) is 430 cm³/mol. The molecule has 6 aromatic heterocycles. The van der Waals surface area contributed by atoms with E-state index in [0.717, 1.165) is 135 Å². The van der Waals surface area contributed by atoms with Crippen molar-refractivity contribution in [3.8, 4) is 34.9 Å². The number of aromatic amines is 2. The maximum atomic E-state index is 13.4. The number of nitriles is 2. The second-order valence-electron chi connectivity index (χ2n) is 22.7. The number of nitrogens with one attached hydrogen (secondary N) is 3. The van der Waals surface area contributed by atoms with Gasteiger partial charge in [0.1, 0.15) is 34.4 Å².